The van der Waals surface area contributed by atoms with E-state index in [9.17, 15) is 25.2 Å². The van der Waals surface area contributed by atoms with Crippen LogP contribution in [0.25, 0.3) is 0 Å². The number of aliphatic hydroxyl groups excluding tert-OH is 4. The van der Waals surface area contributed by atoms with Crippen LogP contribution in [0.5, 0.6) is 0 Å². The molecule has 2 saturated carbocycles. The van der Waals surface area contributed by atoms with Gasteiger partial charge in [0, 0.05) is 17.8 Å². The van der Waals surface area contributed by atoms with Gasteiger partial charge in [0.2, 0.25) is 5.91 Å². The maximum absolute atomic E-state index is 12.9. The number of aliphatic hydroxyl groups is 4. The molecule has 3 rings (SSSR count). The van der Waals surface area contributed by atoms with Gasteiger partial charge in [-0.3, -0.25) is 4.79 Å². The molecule has 11 heteroatoms. The molecule has 0 radical (unpaired) electrons. The maximum Gasteiger partial charge on any atom is 0.225 e. The number of nitrogens with one attached hydrogen (secondary N) is 1. The first kappa shape index (κ1) is 26.0. The second-order valence-electron chi connectivity index (χ2n) is 8.78. The highest BCUT2D eigenvalue weighted by Crippen LogP contribution is 2.46. The standard InChI is InChI=1S/C19H31I3N2O6/c20-8-4-10(21)14(11(22)5-8)7-1-2-9(12(23)3-7)18(28)24-15-17(27)16(26)13(6-25)30-19(15)29/h7-17,19,25-27,29H,1-6,23H2,(H,24,28). The van der Waals surface area contributed by atoms with Crippen LogP contribution >= 0.6 is 67.8 Å². The first-order valence-corrected chi connectivity index (χ1v) is 14.2. The quantitative estimate of drug-likeness (QED) is 0.181. The van der Waals surface area contributed by atoms with Gasteiger partial charge in [-0.05, 0) is 43.9 Å². The number of ether oxygens (including phenoxy) is 1. The number of carbonyl (C=O) groups is 1. The Kier molecular flexibility index (Phi) is 9.75. The molecule has 0 aromatic carbocycles. The summed E-state index contributed by atoms with van der Waals surface area (Å²) in [6.45, 7) is -0.542. The fraction of sp³-hybridized carbons (Fsp3) is 0.947. The summed E-state index contributed by atoms with van der Waals surface area (Å²) >= 11 is 7.72. The van der Waals surface area contributed by atoms with Gasteiger partial charge in [0.25, 0.3) is 0 Å². The van der Waals surface area contributed by atoms with Gasteiger partial charge in [0.15, 0.2) is 6.29 Å². The summed E-state index contributed by atoms with van der Waals surface area (Å²) in [5.41, 5.74) is 6.43. The van der Waals surface area contributed by atoms with Gasteiger partial charge >= 0.3 is 0 Å². The highest BCUT2D eigenvalue weighted by atomic mass is 127. The average molecular weight is 764 g/mol. The summed E-state index contributed by atoms with van der Waals surface area (Å²) in [6.07, 6.45) is -0.632. The van der Waals surface area contributed by atoms with Gasteiger partial charge in [-0.15, -0.1) is 0 Å². The van der Waals surface area contributed by atoms with E-state index in [0.29, 0.717) is 26.1 Å². The van der Waals surface area contributed by atoms with Gasteiger partial charge in [-0.1, -0.05) is 67.8 Å². The number of carbonyl (C=O) groups excluding carboxylic acids is 1. The molecule has 0 aromatic rings. The fourth-order valence-electron chi connectivity index (χ4n) is 5.16. The Hall–Kier alpha value is 1.42. The Morgan fingerprint density at radius 1 is 1.03 bits per heavy atom. The van der Waals surface area contributed by atoms with E-state index in [1.165, 1.54) is 12.8 Å². The molecular weight excluding hydrogens is 733 g/mol. The van der Waals surface area contributed by atoms with Crippen LogP contribution in [0.4, 0.5) is 0 Å². The molecule has 10 atom stereocenters. The van der Waals surface area contributed by atoms with Crippen molar-refractivity contribution in [2.24, 2.45) is 23.5 Å². The molecule has 30 heavy (non-hydrogen) atoms. The van der Waals surface area contributed by atoms with Gasteiger partial charge in [0.1, 0.15) is 24.4 Å². The zero-order chi connectivity index (χ0) is 22.2. The zero-order valence-electron chi connectivity index (χ0n) is 16.5. The molecule has 8 nitrogen and oxygen atoms in total. The molecule has 10 unspecified atom stereocenters. The van der Waals surface area contributed by atoms with Crippen molar-refractivity contribution >= 4 is 73.7 Å². The van der Waals surface area contributed by atoms with Gasteiger partial charge in [-0.25, -0.2) is 0 Å². The van der Waals surface area contributed by atoms with E-state index in [2.05, 4.69) is 73.1 Å². The Balaban J connectivity index is 1.58. The van der Waals surface area contributed by atoms with Crippen LogP contribution in [0, 0.1) is 17.8 Å². The van der Waals surface area contributed by atoms with Gasteiger partial charge in [0.05, 0.1) is 12.5 Å². The predicted octanol–water partition coefficient (Wildman–Crippen LogP) is 0.467. The van der Waals surface area contributed by atoms with E-state index in [4.69, 9.17) is 10.5 Å². The molecule has 174 valence electrons. The van der Waals surface area contributed by atoms with E-state index in [1.54, 1.807) is 0 Å². The minimum absolute atomic E-state index is 0.290. The van der Waals surface area contributed by atoms with E-state index >= 15 is 0 Å². The van der Waals surface area contributed by atoms with Crippen molar-refractivity contribution in [3.05, 3.63) is 0 Å². The number of hydrogen-bond donors (Lipinski definition) is 6. The molecule has 1 amide bonds. The Morgan fingerprint density at radius 3 is 2.23 bits per heavy atom. The molecule has 0 spiro atoms. The number of rotatable bonds is 4. The smallest absolute Gasteiger partial charge is 0.225 e. The summed E-state index contributed by atoms with van der Waals surface area (Å²) in [5.74, 6) is 0.358. The van der Waals surface area contributed by atoms with Crippen molar-refractivity contribution in [1.82, 2.24) is 5.32 Å². The molecule has 3 aliphatic rings. The van der Waals surface area contributed by atoms with Crippen LogP contribution in [0.3, 0.4) is 0 Å². The zero-order valence-corrected chi connectivity index (χ0v) is 23.0. The van der Waals surface area contributed by atoms with Crippen LogP contribution in [0.2, 0.25) is 0 Å². The molecule has 7 N–H and O–H groups in total. The summed E-state index contributed by atoms with van der Waals surface area (Å²) in [6, 6.07) is -1.46. The Labute approximate surface area is 217 Å². The van der Waals surface area contributed by atoms with Crippen molar-refractivity contribution in [3.8, 4) is 0 Å². The molecule has 0 bridgehead atoms. The average Bonchev–Trinajstić information content (AvgIpc) is 2.67. The third kappa shape index (κ3) is 5.73. The van der Waals surface area contributed by atoms with Crippen LogP contribution in [0.15, 0.2) is 0 Å². The van der Waals surface area contributed by atoms with Crippen LogP contribution in [0.1, 0.15) is 32.1 Å². The summed E-state index contributed by atoms with van der Waals surface area (Å²) in [7, 11) is 0. The number of amides is 1. The van der Waals surface area contributed by atoms with Crippen molar-refractivity contribution in [1.29, 1.82) is 0 Å². The minimum Gasteiger partial charge on any atom is -0.394 e. The molecule has 1 aliphatic heterocycles. The van der Waals surface area contributed by atoms with Crippen molar-refractivity contribution in [3.63, 3.8) is 0 Å². The maximum atomic E-state index is 12.9. The minimum atomic E-state index is -1.51. The lowest BCUT2D eigenvalue weighted by molar-refractivity contribution is -0.254. The fourth-order valence-corrected chi connectivity index (χ4v) is 12.4. The summed E-state index contributed by atoms with van der Waals surface area (Å²) in [4.78, 5) is 12.9. The summed E-state index contributed by atoms with van der Waals surface area (Å²) < 4.78 is 7.08. The number of alkyl halides is 3. The normalized spacial score (nSPS) is 50.1. The third-order valence-electron chi connectivity index (χ3n) is 6.83. The van der Waals surface area contributed by atoms with Crippen molar-refractivity contribution in [2.75, 3.05) is 6.61 Å². The second kappa shape index (κ2) is 11.2. The van der Waals surface area contributed by atoms with E-state index < -0.39 is 43.2 Å². The molecule has 1 saturated heterocycles. The lowest BCUT2D eigenvalue weighted by Gasteiger charge is -2.45. The first-order valence-electron chi connectivity index (χ1n) is 10.4. The third-order valence-corrected chi connectivity index (χ3v) is 10.5. The molecule has 2 aliphatic carbocycles. The van der Waals surface area contributed by atoms with Gasteiger partial charge < -0.3 is 36.2 Å². The second-order valence-corrected chi connectivity index (χ2v) is 13.7. The SMILES string of the molecule is NC1CC(C2C(I)CC(I)CC2I)CCC1C(=O)NC1C(O)OC(CO)C(O)C1O. The van der Waals surface area contributed by atoms with E-state index in [1.807, 2.05) is 0 Å². The van der Waals surface area contributed by atoms with E-state index in [0.717, 1.165) is 16.8 Å². The lowest BCUT2D eigenvalue weighted by atomic mass is 9.69. The monoisotopic (exact) mass is 764 g/mol. The largest absolute Gasteiger partial charge is 0.394 e. The van der Waals surface area contributed by atoms with Gasteiger partial charge in [-0.2, -0.15) is 0 Å². The molecule has 1 heterocycles. The molecule has 3 fully saturated rings. The summed E-state index contributed by atoms with van der Waals surface area (Å²) in [5, 5.41) is 42.2. The van der Waals surface area contributed by atoms with Crippen molar-refractivity contribution in [2.45, 2.75) is 80.6 Å². The predicted molar refractivity (Wildman–Crippen MR) is 137 cm³/mol. The number of hydrogen-bond acceptors (Lipinski definition) is 7. The highest BCUT2D eigenvalue weighted by Gasteiger charge is 2.47. The van der Waals surface area contributed by atoms with Crippen LogP contribution in [-0.2, 0) is 9.53 Å². The van der Waals surface area contributed by atoms with Crippen LogP contribution < -0.4 is 11.1 Å². The number of halogens is 3. The molecular formula is C19H31I3N2O6. The van der Waals surface area contributed by atoms with E-state index in [-0.39, 0.29) is 11.9 Å². The Morgan fingerprint density at radius 2 is 1.67 bits per heavy atom. The lowest BCUT2D eigenvalue weighted by Crippen LogP contribution is -2.65. The molecule has 0 aromatic heterocycles. The first-order chi connectivity index (χ1) is 14.1. The number of nitrogens with two attached hydrogens (primary N) is 1. The van der Waals surface area contributed by atoms with Crippen molar-refractivity contribution < 1.29 is 30.0 Å². The van der Waals surface area contributed by atoms with Crippen LogP contribution in [-0.4, -0.2) is 81.4 Å². The topological polar surface area (TPSA) is 145 Å². The Bertz CT molecular complexity index is 593. The highest BCUT2D eigenvalue weighted by molar-refractivity contribution is 14.1.